The predicted octanol–water partition coefficient (Wildman–Crippen LogP) is 3.55. The minimum atomic E-state index is -2.31. The lowest BCUT2D eigenvalue weighted by atomic mass is 9.89. The Morgan fingerprint density at radius 2 is 1.29 bits per heavy atom. The SMILES string of the molecule is CC(C)N1[C@@H]2CCCC[C@H]2N(C(C)C)P1(C)=O. The fourth-order valence-corrected chi connectivity index (χ4v) is 7.59. The Balaban J connectivity index is 2.38. The Hall–Kier alpha value is 0.150. The highest BCUT2D eigenvalue weighted by Crippen LogP contribution is 2.62. The summed E-state index contributed by atoms with van der Waals surface area (Å²) in [5.41, 5.74) is 0. The first-order valence-electron chi connectivity index (χ1n) is 7.02. The molecular weight excluding hydrogens is 231 g/mol. The summed E-state index contributed by atoms with van der Waals surface area (Å²) in [7, 11) is -2.31. The highest BCUT2D eigenvalue weighted by molar-refractivity contribution is 7.58. The smallest absolute Gasteiger partial charge is 0.214 e. The number of hydrogen-bond acceptors (Lipinski definition) is 1. The maximum Gasteiger partial charge on any atom is 0.214 e. The van der Waals surface area contributed by atoms with E-state index in [9.17, 15) is 4.57 Å². The van der Waals surface area contributed by atoms with E-state index in [-0.39, 0.29) is 0 Å². The van der Waals surface area contributed by atoms with Gasteiger partial charge in [-0.25, -0.2) is 9.34 Å². The van der Waals surface area contributed by atoms with Crippen molar-refractivity contribution < 1.29 is 4.57 Å². The van der Waals surface area contributed by atoms with Gasteiger partial charge in [-0.1, -0.05) is 12.8 Å². The van der Waals surface area contributed by atoms with Crippen LogP contribution in [0.15, 0.2) is 0 Å². The number of rotatable bonds is 2. The van der Waals surface area contributed by atoms with Crippen LogP contribution in [0.3, 0.4) is 0 Å². The summed E-state index contributed by atoms with van der Waals surface area (Å²) in [5.74, 6) is 0. The maximum atomic E-state index is 13.2. The van der Waals surface area contributed by atoms with E-state index in [0.717, 1.165) is 0 Å². The molecule has 0 aromatic carbocycles. The minimum absolute atomic E-state index is 0.389. The van der Waals surface area contributed by atoms with Gasteiger partial charge in [0.15, 0.2) is 0 Å². The maximum absolute atomic E-state index is 13.2. The fourth-order valence-electron chi connectivity index (χ4n) is 4.00. The van der Waals surface area contributed by atoms with E-state index < -0.39 is 7.44 Å². The minimum Gasteiger partial charge on any atom is -0.289 e. The zero-order valence-corrected chi connectivity index (χ0v) is 12.8. The summed E-state index contributed by atoms with van der Waals surface area (Å²) in [4.78, 5) is 0. The molecule has 0 spiro atoms. The molecule has 0 aromatic rings. The van der Waals surface area contributed by atoms with Crippen LogP contribution in [-0.2, 0) is 4.57 Å². The van der Waals surface area contributed by atoms with Gasteiger partial charge in [0.2, 0.25) is 7.44 Å². The van der Waals surface area contributed by atoms with E-state index in [1.54, 1.807) is 0 Å². The first kappa shape index (κ1) is 13.6. The standard InChI is InChI=1S/C13H27N2OP/c1-10(2)14-12-8-6-7-9-13(12)15(11(3)4)17(14,5)16/h10-13H,6-9H2,1-5H3/t12-,13-/m1/s1. The number of hydrogen-bond donors (Lipinski definition) is 0. The van der Waals surface area contributed by atoms with Crippen molar-refractivity contribution in [2.45, 2.75) is 77.5 Å². The van der Waals surface area contributed by atoms with Gasteiger partial charge >= 0.3 is 0 Å². The van der Waals surface area contributed by atoms with Crippen molar-refractivity contribution >= 4 is 7.44 Å². The van der Waals surface area contributed by atoms with Crippen molar-refractivity contribution in [3.05, 3.63) is 0 Å². The molecule has 0 unspecified atom stereocenters. The Morgan fingerprint density at radius 1 is 0.941 bits per heavy atom. The van der Waals surface area contributed by atoms with Crippen molar-refractivity contribution in [1.82, 2.24) is 9.34 Å². The Kier molecular flexibility index (Phi) is 3.74. The normalized spacial score (nSPS) is 34.5. The largest absolute Gasteiger partial charge is 0.289 e. The van der Waals surface area contributed by atoms with Gasteiger partial charge in [-0.2, -0.15) is 0 Å². The summed E-state index contributed by atoms with van der Waals surface area (Å²) in [6.07, 6.45) is 5.06. The van der Waals surface area contributed by atoms with Crippen molar-refractivity contribution in [3.63, 3.8) is 0 Å². The van der Waals surface area contributed by atoms with Gasteiger partial charge in [0.25, 0.3) is 0 Å². The van der Waals surface area contributed by atoms with Crippen LogP contribution >= 0.6 is 7.44 Å². The highest BCUT2D eigenvalue weighted by atomic mass is 31.2. The van der Waals surface area contributed by atoms with Crippen LogP contribution in [0.25, 0.3) is 0 Å². The first-order valence-corrected chi connectivity index (χ1v) is 9.08. The summed E-state index contributed by atoms with van der Waals surface area (Å²) in [5, 5.41) is 0. The molecule has 4 heteroatoms. The lowest BCUT2D eigenvalue weighted by molar-refractivity contribution is 0.173. The third kappa shape index (κ3) is 2.11. The van der Waals surface area contributed by atoms with E-state index in [4.69, 9.17) is 0 Å². The summed E-state index contributed by atoms with van der Waals surface area (Å²) < 4.78 is 17.8. The average molecular weight is 258 g/mol. The molecule has 0 amide bonds. The molecule has 17 heavy (non-hydrogen) atoms. The van der Waals surface area contributed by atoms with Crippen LogP contribution in [0.4, 0.5) is 0 Å². The van der Waals surface area contributed by atoms with Gasteiger partial charge in [0, 0.05) is 30.8 Å². The van der Waals surface area contributed by atoms with Gasteiger partial charge in [0.05, 0.1) is 0 Å². The van der Waals surface area contributed by atoms with Crippen LogP contribution in [0, 0.1) is 0 Å². The molecule has 100 valence electrons. The zero-order valence-electron chi connectivity index (χ0n) is 11.9. The average Bonchev–Trinajstić information content (AvgIpc) is 2.42. The molecule has 0 bridgehead atoms. The van der Waals surface area contributed by atoms with Crippen LogP contribution < -0.4 is 0 Å². The second-order valence-corrected chi connectivity index (χ2v) is 8.80. The van der Waals surface area contributed by atoms with Crippen LogP contribution in [-0.4, -0.2) is 40.2 Å². The molecule has 1 aliphatic carbocycles. The Labute approximate surface area is 106 Å². The quantitative estimate of drug-likeness (QED) is 0.708. The van der Waals surface area contributed by atoms with Crippen molar-refractivity contribution in [3.8, 4) is 0 Å². The molecule has 0 radical (unpaired) electrons. The molecule has 2 fully saturated rings. The Bertz CT molecular complexity index is 301. The molecule has 0 N–H and O–H groups in total. The molecule has 0 aromatic heterocycles. The fraction of sp³-hybridized carbons (Fsp3) is 1.00. The summed E-state index contributed by atoms with van der Waals surface area (Å²) >= 11 is 0. The molecule has 1 aliphatic heterocycles. The van der Waals surface area contributed by atoms with E-state index in [1.807, 2.05) is 6.66 Å². The van der Waals surface area contributed by atoms with Crippen LogP contribution in [0.2, 0.25) is 0 Å². The first-order chi connectivity index (χ1) is 7.87. The van der Waals surface area contributed by atoms with Crippen LogP contribution in [0.5, 0.6) is 0 Å². The summed E-state index contributed by atoms with van der Waals surface area (Å²) in [6, 6.07) is 1.84. The van der Waals surface area contributed by atoms with E-state index in [0.29, 0.717) is 24.2 Å². The van der Waals surface area contributed by atoms with Gasteiger partial charge in [-0.15, -0.1) is 0 Å². The van der Waals surface area contributed by atoms with E-state index >= 15 is 0 Å². The Morgan fingerprint density at radius 3 is 1.59 bits per heavy atom. The third-order valence-corrected chi connectivity index (χ3v) is 7.52. The number of nitrogens with zero attached hydrogens (tertiary/aromatic N) is 2. The monoisotopic (exact) mass is 258 g/mol. The molecule has 1 heterocycles. The predicted molar refractivity (Wildman–Crippen MR) is 73.5 cm³/mol. The molecule has 3 nitrogen and oxygen atoms in total. The van der Waals surface area contributed by atoms with E-state index in [1.165, 1.54) is 25.7 Å². The van der Waals surface area contributed by atoms with Gasteiger partial charge in [0.1, 0.15) is 0 Å². The van der Waals surface area contributed by atoms with Crippen molar-refractivity contribution in [2.75, 3.05) is 6.66 Å². The topological polar surface area (TPSA) is 23.6 Å². The molecule has 1 saturated carbocycles. The van der Waals surface area contributed by atoms with Crippen molar-refractivity contribution in [2.24, 2.45) is 0 Å². The van der Waals surface area contributed by atoms with E-state index in [2.05, 4.69) is 37.0 Å². The highest BCUT2D eigenvalue weighted by Gasteiger charge is 2.53. The molecular formula is C13H27N2OP. The zero-order chi connectivity index (χ0) is 12.8. The molecule has 2 aliphatic rings. The molecule has 1 saturated heterocycles. The van der Waals surface area contributed by atoms with Gasteiger partial charge < -0.3 is 0 Å². The lowest BCUT2D eigenvalue weighted by Gasteiger charge is -2.33. The second-order valence-electron chi connectivity index (χ2n) is 6.20. The molecule has 2 atom stereocenters. The van der Waals surface area contributed by atoms with Gasteiger partial charge in [-0.3, -0.25) is 4.57 Å². The third-order valence-electron chi connectivity index (χ3n) is 4.29. The lowest BCUT2D eigenvalue weighted by Crippen LogP contribution is -2.43. The van der Waals surface area contributed by atoms with Crippen LogP contribution in [0.1, 0.15) is 53.4 Å². The molecule has 2 rings (SSSR count). The summed E-state index contributed by atoms with van der Waals surface area (Å²) in [6.45, 7) is 10.7. The van der Waals surface area contributed by atoms with Gasteiger partial charge in [-0.05, 0) is 40.5 Å². The number of fused-ring (bicyclic) bond motifs is 1. The van der Waals surface area contributed by atoms with Crippen molar-refractivity contribution in [1.29, 1.82) is 0 Å². The second kappa shape index (κ2) is 4.68.